The number of aryl methyl sites for hydroxylation is 2. The highest BCUT2D eigenvalue weighted by molar-refractivity contribution is 6.30. The van der Waals surface area contributed by atoms with Crippen LogP contribution in [0.25, 0.3) is 10.9 Å². The van der Waals surface area contributed by atoms with Crippen molar-refractivity contribution in [3.8, 4) is 0 Å². The molecule has 0 radical (unpaired) electrons. The van der Waals surface area contributed by atoms with Crippen LogP contribution in [0, 0.1) is 19.7 Å². The summed E-state index contributed by atoms with van der Waals surface area (Å²) in [6.07, 6.45) is 1.60. The first-order valence-electron chi connectivity index (χ1n) is 13.5. The highest BCUT2D eigenvalue weighted by Gasteiger charge is 2.24. The number of fused-ring (bicyclic) bond motifs is 2. The predicted molar refractivity (Wildman–Crippen MR) is 165 cm³/mol. The van der Waals surface area contributed by atoms with Crippen molar-refractivity contribution in [3.05, 3.63) is 129 Å². The van der Waals surface area contributed by atoms with Crippen LogP contribution in [-0.4, -0.2) is 16.5 Å². The van der Waals surface area contributed by atoms with Crippen molar-refractivity contribution in [2.24, 2.45) is 0 Å². The van der Waals surface area contributed by atoms with Gasteiger partial charge in [0.1, 0.15) is 5.82 Å². The second-order valence-corrected chi connectivity index (χ2v) is 10.9. The molecule has 3 heterocycles. The lowest BCUT2D eigenvalue weighted by atomic mass is 9.98. The van der Waals surface area contributed by atoms with Crippen LogP contribution in [-0.2, 0) is 25.9 Å². The zero-order valence-corrected chi connectivity index (χ0v) is 24.2. The lowest BCUT2D eigenvalue weighted by Gasteiger charge is -2.31. The van der Waals surface area contributed by atoms with Gasteiger partial charge in [0.25, 0.3) is 0 Å². The van der Waals surface area contributed by atoms with Crippen molar-refractivity contribution in [2.75, 3.05) is 11.4 Å². The van der Waals surface area contributed by atoms with Gasteiger partial charge < -0.3 is 15.2 Å². The topological polar surface area (TPSA) is 44.0 Å². The zero-order valence-electron chi connectivity index (χ0n) is 22.7. The van der Waals surface area contributed by atoms with Gasteiger partial charge in [-0.2, -0.15) is 0 Å². The molecule has 4 nitrogen and oxygen atoms in total. The second-order valence-electron chi connectivity index (χ2n) is 10.5. The van der Waals surface area contributed by atoms with Gasteiger partial charge >= 0.3 is 0 Å². The number of halogens is 3. The Bertz CT molecular complexity index is 1650. The second kappa shape index (κ2) is 12.0. The molecule has 0 saturated carbocycles. The van der Waals surface area contributed by atoms with E-state index in [1.54, 1.807) is 12.1 Å². The minimum Gasteiger partial charge on any atom is -0.355 e. The molecule has 1 aliphatic rings. The van der Waals surface area contributed by atoms with Gasteiger partial charge in [0.15, 0.2) is 5.82 Å². The number of nitrogens with one attached hydrogen (secondary N) is 2. The standard InChI is InChI=1S/C33H32ClFN4.ClH/c1-21-22(2)37-32-29(21)18-31(38-33(32)39-14-13-25-9-3-4-10-26(25)20-39)30(17-23-7-6-12-28(35)16-23)36-19-24-8-5-11-27(34)15-24;/h3-12,15-16,18,30,36-37H,13-14,17,19-20H2,1-2H3;1H. The summed E-state index contributed by atoms with van der Waals surface area (Å²) in [4.78, 5) is 11.3. The number of anilines is 1. The van der Waals surface area contributed by atoms with Crippen LogP contribution in [0.3, 0.4) is 0 Å². The summed E-state index contributed by atoms with van der Waals surface area (Å²) >= 11 is 6.26. The summed E-state index contributed by atoms with van der Waals surface area (Å²) in [5.41, 5.74) is 9.18. The van der Waals surface area contributed by atoms with E-state index in [4.69, 9.17) is 16.6 Å². The highest BCUT2D eigenvalue weighted by Crippen LogP contribution is 2.34. The summed E-state index contributed by atoms with van der Waals surface area (Å²) in [6, 6.07) is 25.5. The Morgan fingerprint density at radius 1 is 0.975 bits per heavy atom. The number of hydrogen-bond acceptors (Lipinski definition) is 3. The monoisotopic (exact) mass is 574 g/mol. The summed E-state index contributed by atoms with van der Waals surface area (Å²) in [5, 5.41) is 5.60. The number of rotatable bonds is 7. The molecule has 2 aromatic heterocycles. The molecule has 5 aromatic rings. The number of H-pyrrole nitrogens is 1. The number of benzene rings is 3. The number of aromatic amines is 1. The first kappa shape index (κ1) is 28.2. The maximum atomic E-state index is 14.1. The van der Waals surface area contributed by atoms with Crippen molar-refractivity contribution in [2.45, 2.75) is 45.8 Å². The maximum Gasteiger partial charge on any atom is 0.153 e. The Morgan fingerprint density at radius 3 is 2.55 bits per heavy atom. The number of pyridine rings is 1. The Labute approximate surface area is 246 Å². The molecule has 6 rings (SSSR count). The number of nitrogens with zero attached hydrogens (tertiary/aromatic N) is 2. The molecule has 1 unspecified atom stereocenters. The van der Waals surface area contributed by atoms with E-state index >= 15 is 0 Å². The third-order valence-electron chi connectivity index (χ3n) is 7.86. The van der Waals surface area contributed by atoms with Gasteiger partial charge in [-0.25, -0.2) is 9.37 Å². The van der Waals surface area contributed by atoms with Crippen LogP contribution in [0.2, 0.25) is 5.02 Å². The van der Waals surface area contributed by atoms with E-state index in [-0.39, 0.29) is 24.3 Å². The van der Waals surface area contributed by atoms with Crippen LogP contribution in [0.4, 0.5) is 10.2 Å². The van der Waals surface area contributed by atoms with E-state index in [0.29, 0.717) is 18.0 Å². The molecule has 2 N–H and O–H groups in total. The fourth-order valence-electron chi connectivity index (χ4n) is 5.61. The minimum atomic E-state index is -0.228. The van der Waals surface area contributed by atoms with Gasteiger partial charge in [-0.1, -0.05) is 60.1 Å². The molecule has 7 heteroatoms. The molecule has 0 bridgehead atoms. The molecule has 206 valence electrons. The predicted octanol–water partition coefficient (Wildman–Crippen LogP) is 8.03. The van der Waals surface area contributed by atoms with Crippen molar-refractivity contribution in [1.29, 1.82) is 0 Å². The summed E-state index contributed by atoms with van der Waals surface area (Å²) in [7, 11) is 0. The van der Waals surface area contributed by atoms with Crippen LogP contribution in [0.5, 0.6) is 0 Å². The third kappa shape index (κ3) is 5.87. The molecule has 1 aliphatic heterocycles. The molecule has 0 spiro atoms. The van der Waals surface area contributed by atoms with Crippen LogP contribution in [0.15, 0.2) is 78.9 Å². The molecule has 3 aromatic carbocycles. The Morgan fingerprint density at radius 2 is 1.75 bits per heavy atom. The van der Waals surface area contributed by atoms with Crippen LogP contribution >= 0.6 is 24.0 Å². The fourth-order valence-corrected chi connectivity index (χ4v) is 5.82. The average molecular weight is 576 g/mol. The van der Waals surface area contributed by atoms with E-state index in [9.17, 15) is 4.39 Å². The van der Waals surface area contributed by atoms with Gasteiger partial charge in [-0.3, -0.25) is 0 Å². The molecule has 0 aliphatic carbocycles. The summed E-state index contributed by atoms with van der Waals surface area (Å²) in [6.45, 7) is 6.63. The quantitative estimate of drug-likeness (QED) is 0.207. The van der Waals surface area contributed by atoms with Crippen molar-refractivity contribution in [1.82, 2.24) is 15.3 Å². The van der Waals surface area contributed by atoms with E-state index in [1.807, 2.05) is 24.3 Å². The normalized spacial score (nSPS) is 13.7. The molecule has 1 atom stereocenters. The number of aromatic nitrogens is 2. The minimum absolute atomic E-state index is 0. The summed E-state index contributed by atoms with van der Waals surface area (Å²) < 4.78 is 14.1. The Kier molecular flexibility index (Phi) is 8.46. The fraction of sp³-hybridized carbons (Fsp3) is 0.242. The van der Waals surface area contributed by atoms with E-state index in [2.05, 4.69) is 65.4 Å². The number of hydrogen-bond donors (Lipinski definition) is 2. The van der Waals surface area contributed by atoms with Gasteiger partial charge in [0, 0.05) is 35.7 Å². The lowest BCUT2D eigenvalue weighted by Crippen LogP contribution is -2.32. The first-order valence-corrected chi connectivity index (χ1v) is 13.9. The third-order valence-corrected chi connectivity index (χ3v) is 8.09. The molecular weight excluding hydrogens is 542 g/mol. The van der Waals surface area contributed by atoms with E-state index < -0.39 is 0 Å². The van der Waals surface area contributed by atoms with E-state index in [1.165, 1.54) is 28.1 Å². The smallest absolute Gasteiger partial charge is 0.153 e. The molecule has 40 heavy (non-hydrogen) atoms. The van der Waals surface area contributed by atoms with E-state index in [0.717, 1.165) is 53.4 Å². The zero-order chi connectivity index (χ0) is 26.9. The SMILES string of the molecule is Cc1[nH]c2c(N3CCc4ccccc4C3)nc(C(Cc3cccc(F)c3)NCc3cccc(Cl)c3)cc2c1C.Cl. The molecule has 0 fully saturated rings. The van der Waals surface area contributed by atoms with Crippen LogP contribution in [0.1, 0.15) is 45.2 Å². The first-order chi connectivity index (χ1) is 18.9. The molecular formula is C33H33Cl2FN4. The molecule has 0 amide bonds. The van der Waals surface area contributed by atoms with Gasteiger partial charge in [0.2, 0.25) is 0 Å². The van der Waals surface area contributed by atoms with Crippen molar-refractivity contribution in [3.63, 3.8) is 0 Å². The maximum absolute atomic E-state index is 14.1. The van der Waals surface area contributed by atoms with Crippen molar-refractivity contribution >= 4 is 40.7 Å². The molecule has 0 saturated heterocycles. The highest BCUT2D eigenvalue weighted by atomic mass is 35.5. The Hall–Kier alpha value is -3.38. The van der Waals surface area contributed by atoms with Gasteiger partial charge in [-0.15, -0.1) is 12.4 Å². The van der Waals surface area contributed by atoms with Crippen molar-refractivity contribution < 1.29 is 4.39 Å². The summed E-state index contributed by atoms with van der Waals surface area (Å²) in [5.74, 6) is 0.747. The lowest BCUT2D eigenvalue weighted by molar-refractivity contribution is 0.516. The largest absolute Gasteiger partial charge is 0.355 e. The van der Waals surface area contributed by atoms with Crippen LogP contribution < -0.4 is 10.2 Å². The average Bonchev–Trinajstić information content (AvgIpc) is 3.23. The van der Waals surface area contributed by atoms with Gasteiger partial charge in [-0.05, 0) is 84.8 Å². The van der Waals surface area contributed by atoms with Gasteiger partial charge in [0.05, 0.1) is 17.3 Å². The Balaban J connectivity index is 0.00000323.